The molecule has 0 N–H and O–H groups in total. The summed E-state index contributed by atoms with van der Waals surface area (Å²) in [7, 11) is -0.769. The first-order valence-electron chi connectivity index (χ1n) is 6.87. The Balaban J connectivity index is 1.99. The van der Waals surface area contributed by atoms with Crippen LogP contribution in [0.25, 0.3) is 0 Å². The molecule has 3 nitrogen and oxygen atoms in total. The number of rotatable bonds is 4. The number of nitrogens with zero attached hydrogens (tertiary/aromatic N) is 1. The van der Waals surface area contributed by atoms with E-state index in [1.807, 2.05) is 0 Å². The van der Waals surface area contributed by atoms with Crippen molar-refractivity contribution in [3.63, 3.8) is 0 Å². The quantitative estimate of drug-likeness (QED) is 0.775. The van der Waals surface area contributed by atoms with Gasteiger partial charge in [-0.3, -0.25) is 0 Å². The topological polar surface area (TPSA) is 37.4 Å². The molecule has 2 saturated carbocycles. The van der Waals surface area contributed by atoms with Crippen LogP contribution in [-0.4, -0.2) is 44.5 Å². The Morgan fingerprint density at radius 2 is 1.71 bits per heavy atom. The average molecular weight is 259 g/mol. The van der Waals surface area contributed by atoms with Crippen LogP contribution in [-0.2, 0) is 9.84 Å². The van der Waals surface area contributed by atoms with E-state index in [0.717, 1.165) is 31.7 Å². The Morgan fingerprint density at radius 1 is 1.06 bits per heavy atom. The third-order valence-corrected chi connectivity index (χ3v) is 6.20. The van der Waals surface area contributed by atoms with Crippen molar-refractivity contribution < 1.29 is 8.42 Å². The molecule has 17 heavy (non-hydrogen) atoms. The summed E-state index contributed by atoms with van der Waals surface area (Å²) in [4.78, 5) is 2.33. The van der Waals surface area contributed by atoms with Gasteiger partial charge in [-0.2, -0.15) is 0 Å². The van der Waals surface area contributed by atoms with Gasteiger partial charge in [-0.15, -0.1) is 0 Å². The van der Waals surface area contributed by atoms with E-state index in [-0.39, 0.29) is 11.3 Å². The zero-order valence-electron chi connectivity index (χ0n) is 11.1. The van der Waals surface area contributed by atoms with E-state index in [2.05, 4.69) is 11.9 Å². The third kappa shape index (κ3) is 3.22. The normalized spacial score (nSPS) is 31.5. The molecule has 2 aliphatic rings. The minimum atomic E-state index is -2.89. The highest BCUT2D eigenvalue weighted by molar-refractivity contribution is 7.91. The lowest BCUT2D eigenvalue weighted by atomic mass is 9.84. The van der Waals surface area contributed by atoms with Gasteiger partial charge in [-0.05, 0) is 38.6 Å². The van der Waals surface area contributed by atoms with E-state index in [1.54, 1.807) is 0 Å². The van der Waals surface area contributed by atoms with Gasteiger partial charge in [0.2, 0.25) is 0 Å². The van der Waals surface area contributed by atoms with Crippen LogP contribution in [0.2, 0.25) is 0 Å². The van der Waals surface area contributed by atoms with Crippen LogP contribution in [0.1, 0.15) is 44.9 Å². The smallest absolute Gasteiger partial charge is 0.151 e. The Morgan fingerprint density at radius 3 is 2.24 bits per heavy atom. The van der Waals surface area contributed by atoms with E-state index in [4.69, 9.17) is 0 Å². The zero-order valence-corrected chi connectivity index (χ0v) is 11.9. The van der Waals surface area contributed by atoms with Crippen molar-refractivity contribution in [2.75, 3.05) is 19.8 Å². The van der Waals surface area contributed by atoms with Crippen LogP contribution in [0.4, 0.5) is 0 Å². The van der Waals surface area contributed by atoms with Crippen molar-refractivity contribution >= 4 is 9.84 Å². The Kier molecular flexibility index (Phi) is 4.14. The van der Waals surface area contributed by atoms with Gasteiger partial charge in [-0.25, -0.2) is 8.42 Å². The first-order valence-corrected chi connectivity index (χ1v) is 8.83. The summed E-state index contributed by atoms with van der Waals surface area (Å²) in [5.41, 5.74) is 0. The van der Waals surface area contributed by atoms with Crippen LogP contribution in [0, 0.1) is 5.92 Å². The van der Waals surface area contributed by atoms with Crippen LogP contribution in [0.15, 0.2) is 0 Å². The summed E-state index contributed by atoms with van der Waals surface area (Å²) >= 11 is 0. The third-order valence-electron chi connectivity index (χ3n) is 4.55. The number of hydrogen-bond acceptors (Lipinski definition) is 3. The monoisotopic (exact) mass is 259 g/mol. The number of hydrogen-bond donors (Lipinski definition) is 0. The first-order chi connectivity index (χ1) is 7.98. The number of sulfone groups is 1. The van der Waals surface area contributed by atoms with Crippen LogP contribution >= 0.6 is 0 Å². The molecule has 0 aromatic rings. The fraction of sp³-hybridized carbons (Fsp3) is 1.00. The molecule has 0 unspecified atom stereocenters. The summed E-state index contributed by atoms with van der Waals surface area (Å²) in [6.45, 7) is 1.09. The minimum absolute atomic E-state index is 0.124. The molecule has 0 aromatic carbocycles. The molecule has 0 heterocycles. The van der Waals surface area contributed by atoms with E-state index in [1.165, 1.54) is 31.9 Å². The summed E-state index contributed by atoms with van der Waals surface area (Å²) in [5, 5.41) is -0.124. The molecule has 2 aliphatic carbocycles. The second kappa shape index (κ2) is 5.27. The maximum absolute atomic E-state index is 11.8. The SMILES string of the molecule is CN(CC1CCC1)[C@@H]1CCCC[C@H]1S(C)(=O)=O. The Hall–Kier alpha value is -0.0900. The van der Waals surface area contributed by atoms with Gasteiger partial charge >= 0.3 is 0 Å². The van der Waals surface area contributed by atoms with E-state index in [0.29, 0.717) is 0 Å². The summed E-state index contributed by atoms with van der Waals surface area (Å²) in [6, 6.07) is 0.263. The maximum atomic E-state index is 11.8. The molecule has 0 bridgehead atoms. The summed E-state index contributed by atoms with van der Waals surface area (Å²) < 4.78 is 23.7. The molecule has 4 heteroatoms. The van der Waals surface area contributed by atoms with Crippen molar-refractivity contribution in [2.45, 2.75) is 56.2 Å². The van der Waals surface area contributed by atoms with E-state index in [9.17, 15) is 8.42 Å². The summed E-state index contributed by atoms with van der Waals surface area (Å²) in [6.07, 6.45) is 9.61. The van der Waals surface area contributed by atoms with Crippen LogP contribution < -0.4 is 0 Å². The molecule has 0 aromatic heterocycles. The molecule has 2 atom stereocenters. The fourth-order valence-electron chi connectivity index (χ4n) is 3.30. The summed E-state index contributed by atoms with van der Waals surface area (Å²) in [5.74, 6) is 0.821. The molecule has 0 radical (unpaired) electrons. The van der Waals surface area contributed by atoms with Gasteiger partial charge in [-0.1, -0.05) is 19.3 Å². The molecule has 2 fully saturated rings. The Bertz CT molecular complexity index is 348. The maximum Gasteiger partial charge on any atom is 0.151 e. The molecule has 0 amide bonds. The van der Waals surface area contributed by atoms with Crippen LogP contribution in [0.3, 0.4) is 0 Å². The van der Waals surface area contributed by atoms with Gasteiger partial charge in [0, 0.05) is 18.8 Å². The predicted molar refractivity (Wildman–Crippen MR) is 70.9 cm³/mol. The highest BCUT2D eigenvalue weighted by atomic mass is 32.2. The van der Waals surface area contributed by atoms with Gasteiger partial charge in [0.15, 0.2) is 9.84 Å². The van der Waals surface area contributed by atoms with Crippen molar-refractivity contribution in [1.82, 2.24) is 4.90 Å². The van der Waals surface area contributed by atoms with Gasteiger partial charge in [0.25, 0.3) is 0 Å². The molecule has 0 spiro atoms. The van der Waals surface area contributed by atoms with Gasteiger partial charge in [0.05, 0.1) is 5.25 Å². The van der Waals surface area contributed by atoms with E-state index >= 15 is 0 Å². The lowest BCUT2D eigenvalue weighted by Gasteiger charge is -2.40. The predicted octanol–water partition coefficient (Wildman–Crippen LogP) is 2.07. The molecule has 100 valence electrons. The van der Waals surface area contributed by atoms with Gasteiger partial charge in [0.1, 0.15) is 0 Å². The standard InChI is InChI=1S/C13H25NO2S/c1-14(10-11-6-5-7-11)12-8-3-4-9-13(12)17(2,15)16/h11-13H,3-10H2,1-2H3/t12-,13-/m1/s1. The highest BCUT2D eigenvalue weighted by Gasteiger charge is 2.36. The second-order valence-electron chi connectivity index (χ2n) is 5.96. The average Bonchev–Trinajstić information content (AvgIpc) is 2.22. The Labute approximate surface area is 105 Å². The van der Waals surface area contributed by atoms with Crippen molar-refractivity contribution in [3.8, 4) is 0 Å². The lowest BCUT2D eigenvalue weighted by molar-refractivity contribution is 0.137. The molecular formula is C13H25NO2S. The first kappa shape index (κ1) is 13.3. The molecular weight excluding hydrogens is 234 g/mol. The van der Waals surface area contributed by atoms with Crippen molar-refractivity contribution in [1.29, 1.82) is 0 Å². The largest absolute Gasteiger partial charge is 0.302 e. The lowest BCUT2D eigenvalue weighted by Crippen LogP contribution is -2.48. The van der Waals surface area contributed by atoms with Crippen LogP contribution in [0.5, 0.6) is 0 Å². The highest BCUT2D eigenvalue weighted by Crippen LogP contribution is 2.31. The van der Waals surface area contributed by atoms with Crippen molar-refractivity contribution in [2.24, 2.45) is 5.92 Å². The van der Waals surface area contributed by atoms with E-state index < -0.39 is 9.84 Å². The minimum Gasteiger partial charge on any atom is -0.302 e. The zero-order chi connectivity index (χ0) is 12.5. The second-order valence-corrected chi connectivity index (χ2v) is 8.22. The van der Waals surface area contributed by atoms with Crippen molar-refractivity contribution in [3.05, 3.63) is 0 Å². The molecule has 0 saturated heterocycles. The molecule has 0 aliphatic heterocycles. The molecule has 2 rings (SSSR count). The van der Waals surface area contributed by atoms with Gasteiger partial charge < -0.3 is 4.90 Å². The fourth-order valence-corrected chi connectivity index (χ4v) is 4.81.